The number of nitrogen functional groups attached to an aromatic ring is 1. The number of hydrogen-bond donors (Lipinski definition) is 2. The topological polar surface area (TPSA) is 90.9 Å². The SMILES string of the molecule is Cc1c(NN)ncnc1N(C)CC(C)C#N. The highest BCUT2D eigenvalue weighted by atomic mass is 15.3. The van der Waals surface area contributed by atoms with Crippen LogP contribution in [0, 0.1) is 24.2 Å². The Kier molecular flexibility index (Phi) is 4.03. The highest BCUT2D eigenvalue weighted by Gasteiger charge is 2.12. The van der Waals surface area contributed by atoms with Crippen LogP contribution in [-0.4, -0.2) is 23.6 Å². The van der Waals surface area contributed by atoms with E-state index in [4.69, 9.17) is 11.1 Å². The standard InChI is InChI=1S/C10H16N6/c1-7(4-11)5-16(3)10-8(2)9(15-12)13-6-14-10/h6-7H,5,12H2,1-3H3,(H,13,14,15). The van der Waals surface area contributed by atoms with Crippen LogP contribution in [0.5, 0.6) is 0 Å². The van der Waals surface area contributed by atoms with E-state index in [9.17, 15) is 0 Å². The minimum absolute atomic E-state index is 0.0475. The van der Waals surface area contributed by atoms with Gasteiger partial charge in [-0.1, -0.05) is 0 Å². The summed E-state index contributed by atoms with van der Waals surface area (Å²) in [6.45, 7) is 4.38. The van der Waals surface area contributed by atoms with Crippen molar-refractivity contribution in [1.82, 2.24) is 9.97 Å². The summed E-state index contributed by atoms with van der Waals surface area (Å²) in [7, 11) is 1.89. The first-order chi connectivity index (χ1) is 7.60. The molecule has 1 aromatic heterocycles. The van der Waals surface area contributed by atoms with Gasteiger partial charge in [0.2, 0.25) is 0 Å². The lowest BCUT2D eigenvalue weighted by Gasteiger charge is -2.21. The van der Waals surface area contributed by atoms with Gasteiger partial charge >= 0.3 is 0 Å². The fourth-order valence-electron chi connectivity index (χ4n) is 1.51. The van der Waals surface area contributed by atoms with Gasteiger partial charge in [0.05, 0.1) is 12.0 Å². The van der Waals surface area contributed by atoms with Crippen molar-refractivity contribution in [1.29, 1.82) is 5.26 Å². The zero-order valence-corrected chi connectivity index (χ0v) is 9.73. The normalized spacial score (nSPS) is 11.7. The minimum atomic E-state index is -0.0475. The molecule has 0 saturated carbocycles. The van der Waals surface area contributed by atoms with E-state index in [0.717, 1.165) is 11.4 Å². The number of anilines is 2. The van der Waals surface area contributed by atoms with Crippen LogP contribution in [0.25, 0.3) is 0 Å². The third kappa shape index (κ3) is 2.58. The zero-order chi connectivity index (χ0) is 12.1. The van der Waals surface area contributed by atoms with Crippen molar-refractivity contribution in [2.24, 2.45) is 11.8 Å². The third-order valence-corrected chi connectivity index (χ3v) is 2.32. The second-order valence-electron chi connectivity index (χ2n) is 3.73. The smallest absolute Gasteiger partial charge is 0.148 e. The first kappa shape index (κ1) is 12.2. The molecule has 6 nitrogen and oxygen atoms in total. The second kappa shape index (κ2) is 5.28. The molecule has 0 fully saturated rings. The Bertz CT molecular complexity index is 397. The summed E-state index contributed by atoms with van der Waals surface area (Å²) in [4.78, 5) is 10.1. The van der Waals surface area contributed by atoms with Crippen LogP contribution in [0.2, 0.25) is 0 Å². The lowest BCUT2D eigenvalue weighted by Crippen LogP contribution is -2.25. The van der Waals surface area contributed by atoms with E-state index >= 15 is 0 Å². The molecule has 1 unspecified atom stereocenters. The van der Waals surface area contributed by atoms with E-state index in [-0.39, 0.29) is 5.92 Å². The van der Waals surface area contributed by atoms with E-state index in [1.807, 2.05) is 25.8 Å². The average Bonchev–Trinajstić information content (AvgIpc) is 2.29. The summed E-state index contributed by atoms with van der Waals surface area (Å²) < 4.78 is 0. The van der Waals surface area contributed by atoms with Gasteiger partial charge in [-0.2, -0.15) is 5.26 Å². The predicted octanol–water partition coefficient (Wildman–Crippen LogP) is 0.666. The maximum absolute atomic E-state index is 8.76. The summed E-state index contributed by atoms with van der Waals surface area (Å²) in [5.41, 5.74) is 3.39. The van der Waals surface area contributed by atoms with Gasteiger partial charge in [-0.05, 0) is 13.8 Å². The number of nitrogens with one attached hydrogen (secondary N) is 1. The summed E-state index contributed by atoms with van der Waals surface area (Å²) in [6, 6.07) is 2.19. The molecule has 0 radical (unpaired) electrons. The quantitative estimate of drug-likeness (QED) is 0.572. The van der Waals surface area contributed by atoms with Gasteiger partial charge in [-0.15, -0.1) is 0 Å². The molecule has 1 atom stereocenters. The lowest BCUT2D eigenvalue weighted by atomic mass is 10.2. The molecule has 1 aromatic rings. The van der Waals surface area contributed by atoms with E-state index in [2.05, 4.69) is 21.5 Å². The number of rotatable bonds is 4. The van der Waals surface area contributed by atoms with E-state index in [0.29, 0.717) is 12.4 Å². The van der Waals surface area contributed by atoms with Crippen molar-refractivity contribution in [2.75, 3.05) is 23.9 Å². The van der Waals surface area contributed by atoms with Gasteiger partial charge in [0, 0.05) is 19.2 Å². The molecule has 0 aromatic carbocycles. The Balaban J connectivity index is 2.92. The van der Waals surface area contributed by atoms with Crippen LogP contribution >= 0.6 is 0 Å². The molecule has 86 valence electrons. The van der Waals surface area contributed by atoms with Crippen molar-refractivity contribution < 1.29 is 0 Å². The molecule has 0 aliphatic carbocycles. The monoisotopic (exact) mass is 220 g/mol. The molecule has 0 bridgehead atoms. The maximum atomic E-state index is 8.76. The summed E-state index contributed by atoms with van der Waals surface area (Å²) >= 11 is 0. The van der Waals surface area contributed by atoms with E-state index in [1.165, 1.54) is 6.33 Å². The molecule has 1 heterocycles. The largest absolute Gasteiger partial charge is 0.358 e. The molecule has 0 aliphatic rings. The van der Waals surface area contributed by atoms with Crippen LogP contribution in [0.1, 0.15) is 12.5 Å². The average molecular weight is 220 g/mol. The molecular weight excluding hydrogens is 204 g/mol. The Morgan fingerprint density at radius 2 is 2.31 bits per heavy atom. The number of nitrogens with zero attached hydrogens (tertiary/aromatic N) is 4. The van der Waals surface area contributed by atoms with Crippen molar-refractivity contribution >= 4 is 11.6 Å². The molecule has 3 N–H and O–H groups in total. The van der Waals surface area contributed by atoms with Crippen LogP contribution in [0.15, 0.2) is 6.33 Å². The molecule has 16 heavy (non-hydrogen) atoms. The fourth-order valence-corrected chi connectivity index (χ4v) is 1.51. The molecule has 0 spiro atoms. The van der Waals surface area contributed by atoms with Crippen LogP contribution < -0.4 is 16.2 Å². The summed E-state index contributed by atoms with van der Waals surface area (Å²) in [5.74, 6) is 6.67. The van der Waals surface area contributed by atoms with Gasteiger partial charge in [-0.25, -0.2) is 15.8 Å². The number of nitriles is 1. The minimum Gasteiger partial charge on any atom is -0.358 e. The van der Waals surface area contributed by atoms with Crippen molar-refractivity contribution in [3.63, 3.8) is 0 Å². The molecular formula is C10H16N6. The molecule has 6 heteroatoms. The van der Waals surface area contributed by atoms with Crippen molar-refractivity contribution in [3.05, 3.63) is 11.9 Å². The maximum Gasteiger partial charge on any atom is 0.148 e. The van der Waals surface area contributed by atoms with E-state index in [1.54, 1.807) is 0 Å². The Morgan fingerprint density at radius 1 is 1.62 bits per heavy atom. The third-order valence-electron chi connectivity index (χ3n) is 2.32. The van der Waals surface area contributed by atoms with Crippen LogP contribution in [0.4, 0.5) is 11.6 Å². The van der Waals surface area contributed by atoms with Crippen LogP contribution in [0.3, 0.4) is 0 Å². The number of hydrogen-bond acceptors (Lipinski definition) is 6. The van der Waals surface area contributed by atoms with Gasteiger partial charge < -0.3 is 10.3 Å². The Morgan fingerprint density at radius 3 is 2.88 bits per heavy atom. The van der Waals surface area contributed by atoms with Gasteiger partial charge in [0.25, 0.3) is 0 Å². The van der Waals surface area contributed by atoms with Crippen LogP contribution in [-0.2, 0) is 0 Å². The molecule has 1 rings (SSSR count). The summed E-state index contributed by atoms with van der Waals surface area (Å²) in [5, 5.41) is 8.76. The van der Waals surface area contributed by atoms with Gasteiger partial charge in [0.1, 0.15) is 18.0 Å². The lowest BCUT2D eigenvalue weighted by molar-refractivity contribution is 0.707. The van der Waals surface area contributed by atoms with Gasteiger partial charge in [0.15, 0.2) is 0 Å². The molecule has 0 saturated heterocycles. The first-order valence-electron chi connectivity index (χ1n) is 4.99. The highest BCUT2D eigenvalue weighted by Crippen LogP contribution is 2.20. The fraction of sp³-hybridized carbons (Fsp3) is 0.500. The first-order valence-corrected chi connectivity index (χ1v) is 4.99. The predicted molar refractivity (Wildman–Crippen MR) is 62.6 cm³/mol. The second-order valence-corrected chi connectivity index (χ2v) is 3.73. The number of nitrogens with two attached hydrogens (primary N) is 1. The number of aromatic nitrogens is 2. The number of hydrazine groups is 1. The van der Waals surface area contributed by atoms with Crippen molar-refractivity contribution in [3.8, 4) is 6.07 Å². The molecule has 0 amide bonds. The van der Waals surface area contributed by atoms with Crippen molar-refractivity contribution in [2.45, 2.75) is 13.8 Å². The highest BCUT2D eigenvalue weighted by molar-refractivity contribution is 5.57. The Hall–Kier alpha value is -1.87. The Labute approximate surface area is 95.1 Å². The zero-order valence-electron chi connectivity index (χ0n) is 9.73. The van der Waals surface area contributed by atoms with Gasteiger partial charge in [-0.3, -0.25) is 0 Å². The van der Waals surface area contributed by atoms with E-state index < -0.39 is 0 Å². The summed E-state index contributed by atoms with van der Waals surface area (Å²) in [6.07, 6.45) is 1.45. The molecule has 0 aliphatic heterocycles.